The number of urea groups is 1. The van der Waals surface area contributed by atoms with Crippen molar-refractivity contribution in [2.75, 3.05) is 13.2 Å². The van der Waals surface area contributed by atoms with E-state index in [2.05, 4.69) is 10.6 Å². The minimum absolute atomic E-state index is 0.173. The summed E-state index contributed by atoms with van der Waals surface area (Å²) in [4.78, 5) is 59.4. The van der Waals surface area contributed by atoms with Gasteiger partial charge in [0.05, 0.1) is 0 Å². The Morgan fingerprint density at radius 2 is 1.69 bits per heavy atom. The molecular weight excluding hydrogens is 390 g/mol. The van der Waals surface area contributed by atoms with Gasteiger partial charge in [0, 0.05) is 40.7 Å². The maximum Gasteiger partial charge on any atom is 0.321 e. The molecule has 0 spiro atoms. The Morgan fingerprint density at radius 1 is 1.07 bits per heavy atom. The molecule has 2 aliphatic heterocycles. The minimum Gasteiger partial charge on any atom is -0.463 e. The van der Waals surface area contributed by atoms with Crippen LogP contribution in [0.25, 0.3) is 0 Å². The van der Waals surface area contributed by atoms with Gasteiger partial charge < -0.3 is 29.6 Å². The normalized spacial score (nSPS) is 28.9. The highest BCUT2D eigenvalue weighted by Crippen LogP contribution is 2.31. The van der Waals surface area contributed by atoms with Crippen molar-refractivity contribution in [2.24, 2.45) is 0 Å². The maximum atomic E-state index is 12.6. The van der Waals surface area contributed by atoms with Crippen LogP contribution in [0.1, 0.15) is 34.1 Å². The lowest BCUT2D eigenvalue weighted by Gasteiger charge is -2.37. The van der Waals surface area contributed by atoms with Gasteiger partial charge in [-0.2, -0.15) is 0 Å². The quantitative estimate of drug-likeness (QED) is 0.412. The molecule has 0 aromatic heterocycles. The Balaban J connectivity index is 2.21. The Kier molecular flexibility index (Phi) is 7.37. The number of rotatable bonds is 6. The summed E-state index contributed by atoms with van der Waals surface area (Å²) in [6, 6.07) is -0.563. The van der Waals surface area contributed by atoms with E-state index in [1.807, 2.05) is 0 Å². The molecule has 2 aliphatic rings. The number of amides is 3. The SMILES string of the molecule is CC(=O)N[C@H]1CCN([C@@H]2O[C@@H](COC(C)=O)[C@@H](OC(C)=O)[C@H]2OC(C)=O)C(=O)N1. The Bertz CT molecular complexity index is 683. The van der Waals surface area contributed by atoms with Crippen molar-refractivity contribution < 1.29 is 42.9 Å². The van der Waals surface area contributed by atoms with Gasteiger partial charge in [-0.05, 0) is 0 Å². The molecule has 29 heavy (non-hydrogen) atoms. The monoisotopic (exact) mass is 415 g/mol. The summed E-state index contributed by atoms with van der Waals surface area (Å²) in [6.45, 7) is 4.80. The second-order valence-electron chi connectivity index (χ2n) is 6.70. The standard InChI is InChI=1S/C17H25N3O9/c1-8(21)18-13-5-6-20(17(25)19-13)16-15(28-11(4)24)14(27-10(3)23)12(29-16)7-26-9(2)22/h12-16H,5-7H2,1-4H3,(H,18,21)(H,19,25)/t12-,13+,14+,15+,16+/m0/s1. The highest BCUT2D eigenvalue weighted by Gasteiger charge is 2.53. The fourth-order valence-electron chi connectivity index (χ4n) is 3.21. The minimum atomic E-state index is -1.12. The molecule has 2 heterocycles. The second-order valence-corrected chi connectivity index (χ2v) is 6.70. The van der Waals surface area contributed by atoms with Crippen molar-refractivity contribution in [3.05, 3.63) is 0 Å². The smallest absolute Gasteiger partial charge is 0.321 e. The van der Waals surface area contributed by atoms with Gasteiger partial charge in [0.2, 0.25) is 5.91 Å². The van der Waals surface area contributed by atoms with Gasteiger partial charge in [0.15, 0.2) is 18.4 Å². The summed E-state index contributed by atoms with van der Waals surface area (Å²) < 4.78 is 21.3. The van der Waals surface area contributed by atoms with Crippen molar-refractivity contribution >= 4 is 29.8 Å². The van der Waals surface area contributed by atoms with E-state index in [0.717, 1.165) is 0 Å². The zero-order valence-corrected chi connectivity index (χ0v) is 16.6. The highest BCUT2D eigenvalue weighted by molar-refractivity contribution is 5.78. The first-order valence-electron chi connectivity index (χ1n) is 9.06. The lowest BCUT2D eigenvalue weighted by atomic mass is 10.1. The van der Waals surface area contributed by atoms with E-state index < -0.39 is 54.6 Å². The molecule has 0 unspecified atom stereocenters. The molecule has 0 bridgehead atoms. The molecular formula is C17H25N3O9. The van der Waals surface area contributed by atoms with Crippen molar-refractivity contribution in [1.82, 2.24) is 15.5 Å². The van der Waals surface area contributed by atoms with Gasteiger partial charge >= 0.3 is 23.9 Å². The van der Waals surface area contributed by atoms with Crippen LogP contribution in [-0.2, 0) is 38.1 Å². The average Bonchev–Trinajstić information content (AvgIpc) is 2.89. The number of hydrogen-bond acceptors (Lipinski definition) is 9. The maximum absolute atomic E-state index is 12.6. The van der Waals surface area contributed by atoms with Crippen LogP contribution >= 0.6 is 0 Å². The van der Waals surface area contributed by atoms with Crippen LogP contribution in [0.15, 0.2) is 0 Å². The number of ether oxygens (including phenoxy) is 4. The van der Waals surface area contributed by atoms with E-state index >= 15 is 0 Å². The molecule has 0 aromatic carbocycles. The van der Waals surface area contributed by atoms with Crippen molar-refractivity contribution in [3.8, 4) is 0 Å². The van der Waals surface area contributed by atoms with Gasteiger partial charge in [0.25, 0.3) is 0 Å². The lowest BCUT2D eigenvalue weighted by molar-refractivity contribution is -0.167. The Morgan fingerprint density at radius 3 is 2.21 bits per heavy atom. The van der Waals surface area contributed by atoms with E-state index in [1.54, 1.807) is 0 Å². The molecule has 2 rings (SSSR count). The van der Waals surface area contributed by atoms with Gasteiger partial charge in [-0.1, -0.05) is 0 Å². The summed E-state index contributed by atoms with van der Waals surface area (Å²) in [6.07, 6.45) is -4.42. The van der Waals surface area contributed by atoms with Crippen LogP contribution in [0.5, 0.6) is 0 Å². The van der Waals surface area contributed by atoms with Crippen LogP contribution < -0.4 is 10.6 Å². The number of hydrogen-bond donors (Lipinski definition) is 2. The summed E-state index contributed by atoms with van der Waals surface area (Å²) in [7, 11) is 0. The molecule has 2 N–H and O–H groups in total. The van der Waals surface area contributed by atoms with Crippen LogP contribution in [-0.4, -0.2) is 78.6 Å². The van der Waals surface area contributed by atoms with Crippen LogP contribution in [0.4, 0.5) is 4.79 Å². The van der Waals surface area contributed by atoms with E-state index in [-0.39, 0.29) is 19.1 Å². The van der Waals surface area contributed by atoms with E-state index in [0.29, 0.717) is 6.42 Å². The Labute approximate surface area is 167 Å². The lowest BCUT2D eigenvalue weighted by Crippen LogP contribution is -2.62. The van der Waals surface area contributed by atoms with Gasteiger partial charge in [-0.3, -0.25) is 24.1 Å². The largest absolute Gasteiger partial charge is 0.463 e. The number of carbonyl (C=O) groups excluding carboxylic acids is 5. The second kappa shape index (κ2) is 9.54. The molecule has 12 nitrogen and oxygen atoms in total. The molecule has 162 valence electrons. The number of carbonyl (C=O) groups is 5. The van der Waals surface area contributed by atoms with Crippen LogP contribution in [0, 0.1) is 0 Å². The third kappa shape index (κ3) is 6.04. The summed E-state index contributed by atoms with van der Waals surface area (Å²) in [5.74, 6) is -2.19. The molecule has 0 aliphatic carbocycles. The topological polar surface area (TPSA) is 150 Å². The zero-order chi connectivity index (χ0) is 21.7. The van der Waals surface area contributed by atoms with Gasteiger partial charge in [0.1, 0.15) is 18.9 Å². The molecule has 2 fully saturated rings. The first kappa shape index (κ1) is 22.4. The number of esters is 3. The van der Waals surface area contributed by atoms with Gasteiger partial charge in [-0.25, -0.2) is 4.79 Å². The van der Waals surface area contributed by atoms with Crippen molar-refractivity contribution in [1.29, 1.82) is 0 Å². The Hall–Kier alpha value is -2.89. The third-order valence-corrected chi connectivity index (χ3v) is 4.24. The van der Waals surface area contributed by atoms with E-state index in [1.165, 1.54) is 32.6 Å². The van der Waals surface area contributed by atoms with Gasteiger partial charge in [-0.15, -0.1) is 0 Å². The molecule has 0 radical (unpaired) electrons. The number of nitrogens with zero attached hydrogens (tertiary/aromatic N) is 1. The third-order valence-electron chi connectivity index (χ3n) is 4.24. The molecule has 0 aromatic rings. The average molecular weight is 415 g/mol. The molecule has 12 heteroatoms. The van der Waals surface area contributed by atoms with E-state index in [9.17, 15) is 24.0 Å². The number of nitrogens with one attached hydrogen (secondary N) is 2. The molecule has 2 saturated heterocycles. The molecule has 5 atom stereocenters. The zero-order valence-electron chi connectivity index (χ0n) is 16.6. The summed E-state index contributed by atoms with van der Waals surface area (Å²) >= 11 is 0. The van der Waals surface area contributed by atoms with Crippen molar-refractivity contribution in [3.63, 3.8) is 0 Å². The molecule has 3 amide bonds. The first-order chi connectivity index (χ1) is 13.6. The van der Waals surface area contributed by atoms with Crippen LogP contribution in [0.2, 0.25) is 0 Å². The fraction of sp³-hybridized carbons (Fsp3) is 0.706. The predicted octanol–water partition coefficient (Wildman–Crippen LogP) is -0.985. The summed E-state index contributed by atoms with van der Waals surface area (Å²) in [5.41, 5.74) is 0. The predicted molar refractivity (Wildman–Crippen MR) is 93.9 cm³/mol. The van der Waals surface area contributed by atoms with E-state index in [4.69, 9.17) is 18.9 Å². The molecule has 0 saturated carbocycles. The fourth-order valence-corrected chi connectivity index (χ4v) is 3.21. The van der Waals surface area contributed by atoms with Crippen LogP contribution in [0.3, 0.4) is 0 Å². The first-order valence-corrected chi connectivity index (χ1v) is 9.06. The summed E-state index contributed by atoms with van der Waals surface area (Å²) in [5, 5.41) is 5.20. The van der Waals surface area contributed by atoms with Crippen molar-refractivity contribution in [2.45, 2.75) is 64.8 Å². The highest BCUT2D eigenvalue weighted by atomic mass is 16.7.